The maximum Gasteiger partial charge on any atom is 0.405 e. The van der Waals surface area contributed by atoms with Gasteiger partial charge in [0.25, 0.3) is 0 Å². The first-order valence-electron chi connectivity index (χ1n) is 5.68. The highest BCUT2D eigenvalue weighted by Crippen LogP contribution is 2.24. The average molecular weight is 262 g/mol. The van der Waals surface area contributed by atoms with Crippen LogP contribution < -0.4 is 4.90 Å². The molecule has 3 nitrogen and oxygen atoms in total. The first-order chi connectivity index (χ1) is 8.20. The molecule has 0 spiro atoms. The molecule has 6 heteroatoms. The number of pyridine rings is 1. The standard InChI is InChI=1S/C12H17F3N2O/c1-8(2)17(7-12(13,14)15)11-6-10(9(3)18)4-5-16-11/h4-6,8-9,18H,7H2,1-3H3/t9-/m0/s1. The van der Waals surface area contributed by atoms with E-state index in [1.165, 1.54) is 12.3 Å². The number of hydrogen-bond donors (Lipinski definition) is 1. The molecule has 0 unspecified atom stereocenters. The van der Waals surface area contributed by atoms with Crippen molar-refractivity contribution in [2.45, 2.75) is 39.1 Å². The number of anilines is 1. The molecule has 102 valence electrons. The summed E-state index contributed by atoms with van der Waals surface area (Å²) in [6.07, 6.45) is -3.61. The van der Waals surface area contributed by atoms with Crippen LogP contribution >= 0.6 is 0 Å². The third-order valence-corrected chi connectivity index (χ3v) is 2.52. The zero-order valence-corrected chi connectivity index (χ0v) is 10.6. The molecule has 0 bridgehead atoms. The van der Waals surface area contributed by atoms with Crippen LogP contribution in [0.25, 0.3) is 0 Å². The number of halogens is 3. The number of aliphatic hydroxyl groups excluding tert-OH is 1. The zero-order chi connectivity index (χ0) is 13.9. The maximum atomic E-state index is 12.5. The summed E-state index contributed by atoms with van der Waals surface area (Å²) in [5.41, 5.74) is 0.549. The minimum Gasteiger partial charge on any atom is -0.389 e. The van der Waals surface area contributed by atoms with Gasteiger partial charge in [0.1, 0.15) is 12.4 Å². The van der Waals surface area contributed by atoms with Crippen molar-refractivity contribution in [3.63, 3.8) is 0 Å². The second kappa shape index (κ2) is 5.56. The number of rotatable bonds is 4. The van der Waals surface area contributed by atoms with Gasteiger partial charge in [-0.1, -0.05) is 0 Å². The van der Waals surface area contributed by atoms with Crippen LogP contribution in [0.15, 0.2) is 18.3 Å². The van der Waals surface area contributed by atoms with Crippen molar-refractivity contribution in [2.24, 2.45) is 0 Å². The lowest BCUT2D eigenvalue weighted by Gasteiger charge is -2.29. The van der Waals surface area contributed by atoms with E-state index in [2.05, 4.69) is 4.98 Å². The molecule has 1 aromatic rings. The second-order valence-electron chi connectivity index (χ2n) is 4.46. The lowest BCUT2D eigenvalue weighted by Crippen LogP contribution is -2.39. The summed E-state index contributed by atoms with van der Waals surface area (Å²) >= 11 is 0. The van der Waals surface area contributed by atoms with Crippen LogP contribution in [0, 0.1) is 0 Å². The smallest absolute Gasteiger partial charge is 0.389 e. The molecule has 0 radical (unpaired) electrons. The number of hydrogen-bond acceptors (Lipinski definition) is 3. The fraction of sp³-hybridized carbons (Fsp3) is 0.583. The Bertz CT molecular complexity index is 391. The Kier molecular flexibility index (Phi) is 4.56. The van der Waals surface area contributed by atoms with Crippen LogP contribution in [0.3, 0.4) is 0 Å². The minimum atomic E-state index is -4.28. The molecule has 0 aromatic carbocycles. The molecule has 0 amide bonds. The molecular formula is C12H17F3N2O. The van der Waals surface area contributed by atoms with Gasteiger partial charge >= 0.3 is 6.18 Å². The van der Waals surface area contributed by atoms with Gasteiger partial charge in [0.05, 0.1) is 6.10 Å². The molecule has 1 aromatic heterocycles. The Labute approximate surface area is 104 Å². The fourth-order valence-electron chi connectivity index (χ4n) is 1.57. The van der Waals surface area contributed by atoms with E-state index in [4.69, 9.17) is 0 Å². The summed E-state index contributed by atoms with van der Waals surface area (Å²) in [6, 6.07) is 2.74. The number of nitrogens with zero attached hydrogens (tertiary/aromatic N) is 2. The Morgan fingerprint density at radius 2 is 1.94 bits per heavy atom. The third-order valence-electron chi connectivity index (χ3n) is 2.52. The summed E-state index contributed by atoms with van der Waals surface area (Å²) in [5, 5.41) is 9.43. The molecule has 0 fully saturated rings. The van der Waals surface area contributed by atoms with E-state index >= 15 is 0 Å². The normalized spacial score (nSPS) is 13.8. The van der Waals surface area contributed by atoms with Crippen molar-refractivity contribution in [2.75, 3.05) is 11.4 Å². The summed E-state index contributed by atoms with van der Waals surface area (Å²) in [7, 11) is 0. The van der Waals surface area contributed by atoms with Crippen LogP contribution in [0.4, 0.5) is 19.0 Å². The Morgan fingerprint density at radius 3 is 2.39 bits per heavy atom. The molecule has 18 heavy (non-hydrogen) atoms. The quantitative estimate of drug-likeness (QED) is 0.906. The molecule has 1 heterocycles. The summed E-state index contributed by atoms with van der Waals surface area (Å²) in [4.78, 5) is 5.10. The number of aliphatic hydroxyl groups is 1. The van der Waals surface area contributed by atoms with Crippen LogP contribution in [0.5, 0.6) is 0 Å². The molecule has 0 saturated heterocycles. The van der Waals surface area contributed by atoms with Crippen molar-refractivity contribution in [3.8, 4) is 0 Å². The molecular weight excluding hydrogens is 245 g/mol. The van der Waals surface area contributed by atoms with Gasteiger partial charge in [0.2, 0.25) is 0 Å². The van der Waals surface area contributed by atoms with E-state index in [-0.39, 0.29) is 11.9 Å². The van der Waals surface area contributed by atoms with E-state index in [9.17, 15) is 18.3 Å². The molecule has 0 aliphatic heterocycles. The predicted octanol–water partition coefficient (Wildman–Crippen LogP) is 2.91. The average Bonchev–Trinajstić information content (AvgIpc) is 2.24. The van der Waals surface area contributed by atoms with Gasteiger partial charge in [-0.15, -0.1) is 0 Å². The van der Waals surface area contributed by atoms with Crippen LogP contribution in [-0.2, 0) is 0 Å². The van der Waals surface area contributed by atoms with E-state index in [0.717, 1.165) is 4.90 Å². The van der Waals surface area contributed by atoms with Gasteiger partial charge in [0.15, 0.2) is 0 Å². The van der Waals surface area contributed by atoms with Crippen molar-refractivity contribution in [1.82, 2.24) is 4.98 Å². The monoisotopic (exact) mass is 262 g/mol. The van der Waals surface area contributed by atoms with Gasteiger partial charge in [-0.2, -0.15) is 13.2 Å². The maximum absolute atomic E-state index is 12.5. The molecule has 0 aliphatic rings. The van der Waals surface area contributed by atoms with E-state index < -0.39 is 18.8 Å². The lowest BCUT2D eigenvalue weighted by atomic mass is 10.1. The SMILES string of the molecule is CC(C)N(CC(F)(F)F)c1cc([C@H](C)O)ccn1. The topological polar surface area (TPSA) is 36.4 Å². The number of alkyl halides is 3. The Balaban J connectivity index is 3.02. The van der Waals surface area contributed by atoms with Crippen LogP contribution in [0.1, 0.15) is 32.4 Å². The molecule has 0 aliphatic carbocycles. The second-order valence-corrected chi connectivity index (χ2v) is 4.46. The van der Waals surface area contributed by atoms with E-state index in [1.54, 1.807) is 26.8 Å². The Morgan fingerprint density at radius 1 is 1.33 bits per heavy atom. The molecule has 1 N–H and O–H groups in total. The molecule has 1 rings (SSSR count). The van der Waals surface area contributed by atoms with Gasteiger partial charge in [0, 0.05) is 12.2 Å². The Hall–Kier alpha value is -1.30. The first kappa shape index (κ1) is 14.8. The van der Waals surface area contributed by atoms with E-state index in [1.807, 2.05) is 0 Å². The minimum absolute atomic E-state index is 0.223. The van der Waals surface area contributed by atoms with Crippen molar-refractivity contribution in [1.29, 1.82) is 0 Å². The summed E-state index contributed by atoms with van der Waals surface area (Å²) in [5.74, 6) is 0.223. The molecule has 1 atom stereocenters. The van der Waals surface area contributed by atoms with Gasteiger partial charge in [-0.3, -0.25) is 0 Å². The summed E-state index contributed by atoms with van der Waals surface area (Å²) < 4.78 is 37.5. The highest BCUT2D eigenvalue weighted by molar-refractivity contribution is 5.42. The van der Waals surface area contributed by atoms with E-state index in [0.29, 0.717) is 5.56 Å². The summed E-state index contributed by atoms with van der Waals surface area (Å²) in [6.45, 7) is 3.84. The highest BCUT2D eigenvalue weighted by Gasteiger charge is 2.32. The highest BCUT2D eigenvalue weighted by atomic mass is 19.4. The lowest BCUT2D eigenvalue weighted by molar-refractivity contribution is -0.120. The van der Waals surface area contributed by atoms with Gasteiger partial charge < -0.3 is 10.0 Å². The third kappa shape index (κ3) is 4.18. The van der Waals surface area contributed by atoms with Gasteiger partial charge in [-0.05, 0) is 38.5 Å². The largest absolute Gasteiger partial charge is 0.405 e. The first-order valence-corrected chi connectivity index (χ1v) is 5.68. The van der Waals surface area contributed by atoms with Crippen molar-refractivity contribution < 1.29 is 18.3 Å². The predicted molar refractivity (Wildman–Crippen MR) is 63.4 cm³/mol. The fourth-order valence-corrected chi connectivity index (χ4v) is 1.57. The van der Waals surface area contributed by atoms with Crippen molar-refractivity contribution >= 4 is 5.82 Å². The van der Waals surface area contributed by atoms with Crippen LogP contribution in [0.2, 0.25) is 0 Å². The number of aromatic nitrogens is 1. The van der Waals surface area contributed by atoms with Crippen LogP contribution in [-0.4, -0.2) is 28.9 Å². The van der Waals surface area contributed by atoms with Crippen molar-refractivity contribution in [3.05, 3.63) is 23.9 Å². The zero-order valence-electron chi connectivity index (χ0n) is 10.6. The molecule has 0 saturated carbocycles. The van der Waals surface area contributed by atoms with Gasteiger partial charge in [-0.25, -0.2) is 4.98 Å².